The van der Waals surface area contributed by atoms with Crippen molar-refractivity contribution in [3.63, 3.8) is 0 Å². The summed E-state index contributed by atoms with van der Waals surface area (Å²) in [7, 11) is 0. The van der Waals surface area contributed by atoms with Crippen LogP contribution in [-0.2, 0) is 19.8 Å². The van der Waals surface area contributed by atoms with Crippen LogP contribution >= 0.6 is 23.2 Å². The number of nitrogens with one attached hydrogen (secondary N) is 3. The van der Waals surface area contributed by atoms with Crippen molar-refractivity contribution in [1.82, 2.24) is 10.6 Å². The molecule has 0 saturated carbocycles. The zero-order chi connectivity index (χ0) is 33.4. The highest BCUT2D eigenvalue weighted by molar-refractivity contribution is 6.31. The van der Waals surface area contributed by atoms with E-state index in [1.54, 1.807) is 63.2 Å². The van der Waals surface area contributed by atoms with E-state index in [0.29, 0.717) is 38.0 Å². The van der Waals surface area contributed by atoms with Crippen molar-refractivity contribution >= 4 is 46.6 Å². The molecule has 12 heteroatoms. The van der Waals surface area contributed by atoms with E-state index in [-0.39, 0.29) is 37.5 Å². The molecule has 3 aromatic rings. The molecule has 4 atom stereocenters. The molecule has 5 N–H and O–H groups in total. The number of hydrogen-bond donors (Lipinski definition) is 5. The van der Waals surface area contributed by atoms with E-state index in [4.69, 9.17) is 27.9 Å². The number of ether oxygens (including phenoxy) is 1. The van der Waals surface area contributed by atoms with Crippen LogP contribution in [0.1, 0.15) is 67.3 Å². The summed E-state index contributed by atoms with van der Waals surface area (Å²) in [5, 5.41) is 28.4. The van der Waals surface area contributed by atoms with Gasteiger partial charge in [-0.2, -0.15) is 0 Å². The van der Waals surface area contributed by atoms with Crippen LogP contribution < -0.4 is 20.7 Å². The first kappa shape index (κ1) is 33.7. The summed E-state index contributed by atoms with van der Waals surface area (Å²) in [5.74, 6) is -2.50. The molecule has 0 aromatic heterocycles. The molecule has 1 fully saturated rings. The van der Waals surface area contributed by atoms with E-state index in [9.17, 15) is 29.0 Å². The minimum Gasteiger partial charge on any atom is -0.477 e. The van der Waals surface area contributed by atoms with E-state index < -0.39 is 53.3 Å². The molecule has 2 aliphatic rings. The van der Waals surface area contributed by atoms with Gasteiger partial charge >= 0.3 is 0 Å². The van der Waals surface area contributed by atoms with Crippen LogP contribution in [0.3, 0.4) is 0 Å². The van der Waals surface area contributed by atoms with Crippen molar-refractivity contribution in [3.8, 4) is 5.75 Å². The quantitative estimate of drug-likeness (QED) is 0.204. The Bertz CT molecular complexity index is 1680. The van der Waals surface area contributed by atoms with Gasteiger partial charge in [0.1, 0.15) is 17.0 Å². The molecule has 3 amide bonds. The largest absolute Gasteiger partial charge is 0.477 e. The van der Waals surface area contributed by atoms with Gasteiger partial charge in [0, 0.05) is 40.2 Å². The fourth-order valence-corrected chi connectivity index (χ4v) is 7.09. The van der Waals surface area contributed by atoms with E-state index in [1.165, 1.54) is 12.1 Å². The second-order valence-electron chi connectivity index (χ2n) is 11.8. The number of amides is 3. The number of carbonyl (C=O) groups is 3. The standard InChI is InChI=1S/C34H36Cl2FN3O6/c1-4-33(5-2,31(44)38-16-22(42)17-41)46-28-11-8-19(35)12-24(28)26-15-29(43)40-30(23-14-21(37)9-6-18(23)3)34(26)25-10-7-20(36)13-27(25)39-32(34)45/h6-14,22,26,30,41-42H,4-5,15-17H2,1-3H3,(H,38,44)(H,39,45)(H,40,43)/t22-,26+,30-,34+/m0/s1. The Morgan fingerprint density at radius 3 is 2.48 bits per heavy atom. The third-order valence-corrected chi connectivity index (χ3v) is 9.69. The summed E-state index contributed by atoms with van der Waals surface area (Å²) < 4.78 is 21.4. The van der Waals surface area contributed by atoms with Crippen molar-refractivity contribution in [1.29, 1.82) is 0 Å². The molecule has 0 aliphatic carbocycles. The number of aliphatic hydroxyl groups excluding tert-OH is 2. The number of carbonyl (C=O) groups excluding carboxylic acids is 3. The Morgan fingerprint density at radius 1 is 1.09 bits per heavy atom. The Morgan fingerprint density at radius 2 is 1.78 bits per heavy atom. The van der Waals surface area contributed by atoms with Crippen molar-refractivity contribution < 1.29 is 33.7 Å². The number of halogens is 3. The molecule has 9 nitrogen and oxygen atoms in total. The normalized spacial score (nSPS) is 21.4. The lowest BCUT2D eigenvalue weighted by atomic mass is 9.59. The van der Waals surface area contributed by atoms with Gasteiger partial charge in [-0.05, 0) is 78.9 Å². The van der Waals surface area contributed by atoms with Crippen LogP contribution in [0.25, 0.3) is 0 Å². The van der Waals surface area contributed by atoms with E-state index in [0.717, 1.165) is 0 Å². The van der Waals surface area contributed by atoms with Crippen LogP contribution in [0.2, 0.25) is 10.0 Å². The Kier molecular flexibility index (Phi) is 9.65. The molecule has 5 rings (SSSR count). The highest BCUT2D eigenvalue weighted by Gasteiger charge is 2.62. The summed E-state index contributed by atoms with van der Waals surface area (Å²) in [6.45, 7) is 4.63. The minimum atomic E-state index is -1.51. The van der Waals surface area contributed by atoms with Gasteiger partial charge in [-0.25, -0.2) is 4.39 Å². The average Bonchev–Trinajstić information content (AvgIpc) is 3.31. The second kappa shape index (κ2) is 13.2. The van der Waals surface area contributed by atoms with Crippen molar-refractivity contribution in [2.24, 2.45) is 0 Å². The fourth-order valence-electron chi connectivity index (χ4n) is 6.74. The smallest absolute Gasteiger partial charge is 0.264 e. The van der Waals surface area contributed by atoms with Crippen molar-refractivity contribution in [2.45, 2.75) is 69.1 Å². The van der Waals surface area contributed by atoms with Gasteiger partial charge in [0.25, 0.3) is 5.91 Å². The molecule has 2 aliphatic heterocycles. The zero-order valence-corrected chi connectivity index (χ0v) is 27.1. The maximum absolute atomic E-state index is 14.8. The summed E-state index contributed by atoms with van der Waals surface area (Å²) in [6.07, 6.45) is -0.845. The molecule has 0 radical (unpaired) electrons. The number of fused-ring (bicyclic) bond motifs is 2. The highest BCUT2D eigenvalue weighted by atomic mass is 35.5. The number of rotatable bonds is 10. The van der Waals surface area contributed by atoms with Gasteiger partial charge in [-0.15, -0.1) is 0 Å². The van der Waals surface area contributed by atoms with Crippen molar-refractivity contribution in [2.75, 3.05) is 18.5 Å². The molecule has 244 valence electrons. The summed E-state index contributed by atoms with van der Waals surface area (Å²) in [4.78, 5) is 41.6. The lowest BCUT2D eigenvalue weighted by Crippen LogP contribution is -2.57. The lowest BCUT2D eigenvalue weighted by molar-refractivity contribution is -0.138. The van der Waals surface area contributed by atoms with Crippen molar-refractivity contribution in [3.05, 3.63) is 92.7 Å². The van der Waals surface area contributed by atoms with Gasteiger partial charge in [0.2, 0.25) is 11.8 Å². The van der Waals surface area contributed by atoms with Gasteiger partial charge < -0.3 is 30.9 Å². The highest BCUT2D eigenvalue weighted by Crippen LogP contribution is 2.59. The second-order valence-corrected chi connectivity index (χ2v) is 12.7. The summed E-state index contributed by atoms with van der Waals surface area (Å²) >= 11 is 12.9. The maximum atomic E-state index is 14.8. The molecular weight excluding hydrogens is 636 g/mol. The average molecular weight is 673 g/mol. The number of hydrogen-bond acceptors (Lipinski definition) is 6. The SMILES string of the molecule is CCC(CC)(Oc1ccc(Cl)cc1[C@H]1CC(=O)N[C@@H](c2cc(F)ccc2C)[C@]12C(=O)Nc1cc(Cl)ccc12)C(=O)NC[C@H](O)CO. The molecular formula is C34H36Cl2FN3O6. The number of anilines is 1. The van der Waals surface area contributed by atoms with Crippen LogP contribution in [0, 0.1) is 12.7 Å². The predicted octanol–water partition coefficient (Wildman–Crippen LogP) is 5.08. The molecule has 0 bridgehead atoms. The maximum Gasteiger partial charge on any atom is 0.264 e. The van der Waals surface area contributed by atoms with Gasteiger partial charge in [0.05, 0.1) is 18.8 Å². The number of aryl methyl sites for hydroxylation is 1. The lowest BCUT2D eigenvalue weighted by Gasteiger charge is -2.47. The number of benzene rings is 3. The Labute approximate surface area is 276 Å². The van der Waals surface area contributed by atoms with Gasteiger partial charge in [0.15, 0.2) is 5.60 Å². The van der Waals surface area contributed by atoms with Gasteiger partial charge in [-0.1, -0.05) is 49.2 Å². The van der Waals surface area contributed by atoms with E-state index >= 15 is 0 Å². The van der Waals surface area contributed by atoms with E-state index in [1.807, 2.05) is 0 Å². The van der Waals surface area contributed by atoms with Crippen LogP contribution in [0.15, 0.2) is 54.6 Å². The Hall–Kier alpha value is -3.70. The first-order valence-corrected chi connectivity index (χ1v) is 15.9. The fraction of sp³-hybridized carbons (Fsp3) is 0.382. The monoisotopic (exact) mass is 671 g/mol. The Balaban J connectivity index is 1.73. The topological polar surface area (TPSA) is 137 Å². The first-order valence-electron chi connectivity index (χ1n) is 15.1. The molecule has 46 heavy (non-hydrogen) atoms. The minimum absolute atomic E-state index is 0.156. The van der Waals surface area contributed by atoms with Crippen LogP contribution in [-0.4, -0.2) is 52.8 Å². The third kappa shape index (κ3) is 5.83. The molecule has 1 spiro atoms. The third-order valence-electron chi connectivity index (χ3n) is 9.22. The molecule has 1 saturated heterocycles. The van der Waals surface area contributed by atoms with Crippen LogP contribution in [0.4, 0.5) is 10.1 Å². The van der Waals surface area contributed by atoms with E-state index in [2.05, 4.69) is 16.0 Å². The van der Waals surface area contributed by atoms with Gasteiger partial charge in [-0.3, -0.25) is 14.4 Å². The molecule has 2 heterocycles. The first-order chi connectivity index (χ1) is 21.9. The molecule has 3 aromatic carbocycles. The summed E-state index contributed by atoms with van der Waals surface area (Å²) in [5.41, 5.74) is -0.400. The van der Waals surface area contributed by atoms with Crippen LogP contribution in [0.5, 0.6) is 5.75 Å². The predicted molar refractivity (Wildman–Crippen MR) is 173 cm³/mol. The number of piperidine rings is 1. The molecule has 0 unspecified atom stereocenters. The number of aliphatic hydroxyl groups is 2. The zero-order valence-electron chi connectivity index (χ0n) is 25.6. The summed E-state index contributed by atoms with van der Waals surface area (Å²) in [6, 6.07) is 13.1.